The minimum absolute atomic E-state index is 0.172. The summed E-state index contributed by atoms with van der Waals surface area (Å²) in [6.07, 6.45) is 3.80. The predicted molar refractivity (Wildman–Crippen MR) is 151 cm³/mol. The van der Waals surface area contributed by atoms with Crippen molar-refractivity contribution in [1.29, 1.82) is 0 Å². The third-order valence-corrected chi connectivity index (χ3v) is 6.86. The van der Waals surface area contributed by atoms with E-state index in [0.29, 0.717) is 32.8 Å². The highest BCUT2D eigenvalue weighted by atomic mass is 35.5. The van der Waals surface area contributed by atoms with Crippen molar-refractivity contribution >= 4 is 58.3 Å². The number of anilines is 4. The highest BCUT2D eigenvalue weighted by Crippen LogP contribution is 2.37. The van der Waals surface area contributed by atoms with Gasteiger partial charge >= 0.3 is 6.09 Å². The van der Waals surface area contributed by atoms with E-state index in [1.165, 1.54) is 23.0 Å². The van der Waals surface area contributed by atoms with E-state index >= 15 is 0 Å². The summed E-state index contributed by atoms with van der Waals surface area (Å²) in [6.45, 7) is 0.364. The molecule has 3 heterocycles. The van der Waals surface area contributed by atoms with Crippen LogP contribution >= 0.6 is 23.2 Å². The van der Waals surface area contributed by atoms with Crippen LogP contribution in [0, 0.1) is 0 Å². The Labute approximate surface area is 234 Å². The molecule has 2 N–H and O–H groups in total. The maximum Gasteiger partial charge on any atom is 0.407 e. The summed E-state index contributed by atoms with van der Waals surface area (Å²) in [5.41, 5.74) is 3.98. The number of nitrogens with zero attached hydrogens (tertiary/aromatic N) is 6. The number of nitrogens with one attached hydrogen (secondary N) is 1. The number of benzene rings is 2. The van der Waals surface area contributed by atoms with E-state index in [-0.39, 0.29) is 25.1 Å². The van der Waals surface area contributed by atoms with Gasteiger partial charge in [0, 0.05) is 44.9 Å². The van der Waals surface area contributed by atoms with Crippen LogP contribution in [0.1, 0.15) is 15.9 Å². The van der Waals surface area contributed by atoms with Crippen molar-refractivity contribution < 1.29 is 14.7 Å². The summed E-state index contributed by atoms with van der Waals surface area (Å²) in [4.78, 5) is 42.4. The smallest absolute Gasteiger partial charge is 0.407 e. The number of carbonyl (C=O) groups is 2. The Balaban J connectivity index is 1.45. The zero-order valence-corrected chi connectivity index (χ0v) is 22.5. The number of amides is 2. The number of carboxylic acid groups (broad SMARTS) is 1. The first-order valence-corrected chi connectivity index (χ1v) is 12.6. The van der Waals surface area contributed by atoms with Crippen molar-refractivity contribution in [2.75, 3.05) is 35.9 Å². The van der Waals surface area contributed by atoms with Crippen LogP contribution in [0.25, 0.3) is 11.1 Å². The van der Waals surface area contributed by atoms with Crippen LogP contribution in [0.2, 0.25) is 10.0 Å². The van der Waals surface area contributed by atoms with Crippen molar-refractivity contribution in [3.63, 3.8) is 0 Å². The molecule has 10 nitrogen and oxygen atoms in total. The summed E-state index contributed by atoms with van der Waals surface area (Å²) in [7, 11) is 3.32. The molecule has 2 aromatic carbocycles. The summed E-state index contributed by atoms with van der Waals surface area (Å²) in [6, 6.07) is 14.4. The Bertz CT molecular complexity index is 1550. The van der Waals surface area contributed by atoms with Crippen LogP contribution < -0.4 is 15.1 Å². The van der Waals surface area contributed by atoms with Crippen molar-refractivity contribution in [2.24, 2.45) is 0 Å². The zero-order chi connectivity index (χ0) is 27.7. The molecule has 39 heavy (non-hydrogen) atoms. The number of pyridine rings is 1. The average molecular weight is 564 g/mol. The van der Waals surface area contributed by atoms with Crippen LogP contribution in [-0.2, 0) is 6.54 Å². The van der Waals surface area contributed by atoms with Crippen molar-refractivity contribution in [2.45, 2.75) is 6.54 Å². The third kappa shape index (κ3) is 5.29. The lowest BCUT2D eigenvalue weighted by atomic mass is 9.99. The first kappa shape index (κ1) is 26.2. The predicted octanol–water partition coefficient (Wildman–Crippen LogP) is 5.75. The highest BCUT2D eigenvalue weighted by molar-refractivity contribution is 6.40. The lowest BCUT2D eigenvalue weighted by Gasteiger charge is -2.35. The first-order chi connectivity index (χ1) is 18.7. The van der Waals surface area contributed by atoms with E-state index < -0.39 is 6.09 Å². The Morgan fingerprint density at radius 2 is 1.82 bits per heavy atom. The largest absolute Gasteiger partial charge is 0.465 e. The van der Waals surface area contributed by atoms with Crippen molar-refractivity contribution in [1.82, 2.24) is 19.9 Å². The zero-order valence-electron chi connectivity index (χ0n) is 21.0. The van der Waals surface area contributed by atoms with E-state index in [4.69, 9.17) is 23.2 Å². The van der Waals surface area contributed by atoms with Gasteiger partial charge < -0.3 is 20.2 Å². The lowest BCUT2D eigenvalue weighted by molar-refractivity contribution is 0.0982. The number of hydrogen-bond acceptors (Lipinski definition) is 7. The van der Waals surface area contributed by atoms with E-state index in [0.717, 1.165) is 16.7 Å². The Kier molecular flexibility index (Phi) is 7.23. The second kappa shape index (κ2) is 10.8. The second-order valence-corrected chi connectivity index (χ2v) is 9.76. The number of fused-ring (bicyclic) bond motifs is 1. The number of carbonyl (C=O) groups excluding carboxylic acids is 1. The molecule has 1 aliphatic heterocycles. The van der Waals surface area contributed by atoms with E-state index in [9.17, 15) is 14.7 Å². The molecule has 0 spiro atoms. The monoisotopic (exact) mass is 563 g/mol. The fourth-order valence-electron chi connectivity index (χ4n) is 4.35. The maximum absolute atomic E-state index is 13.3. The Morgan fingerprint density at radius 1 is 1.10 bits per heavy atom. The maximum atomic E-state index is 13.3. The summed E-state index contributed by atoms with van der Waals surface area (Å²) < 4.78 is 0. The minimum atomic E-state index is -1.04. The van der Waals surface area contributed by atoms with Crippen molar-refractivity contribution in [3.05, 3.63) is 88.3 Å². The number of para-hydroxylation sites is 1. The average Bonchev–Trinajstić information content (AvgIpc) is 2.92. The molecule has 0 fully saturated rings. The lowest BCUT2D eigenvalue weighted by Crippen LogP contribution is -2.46. The molecule has 0 saturated heterocycles. The fourth-order valence-corrected chi connectivity index (χ4v) is 4.95. The van der Waals surface area contributed by atoms with Gasteiger partial charge in [-0.25, -0.2) is 9.78 Å². The Hall–Kier alpha value is -4.41. The van der Waals surface area contributed by atoms with Gasteiger partial charge in [-0.1, -0.05) is 35.3 Å². The van der Waals surface area contributed by atoms with Gasteiger partial charge in [0.05, 0.1) is 22.4 Å². The molecule has 0 aliphatic carbocycles. The first-order valence-electron chi connectivity index (χ1n) is 11.8. The van der Waals surface area contributed by atoms with Crippen LogP contribution in [0.15, 0.2) is 67.1 Å². The molecule has 2 amide bonds. The van der Waals surface area contributed by atoms with E-state index in [2.05, 4.69) is 20.3 Å². The summed E-state index contributed by atoms with van der Waals surface area (Å²) in [5, 5.41) is 13.3. The highest BCUT2D eigenvalue weighted by Gasteiger charge is 2.32. The minimum Gasteiger partial charge on any atom is -0.465 e. The molecule has 0 bridgehead atoms. The SMILES string of the molecule is CN(Cc1cc(Nc2ncc3c(n2)N(C)CN(c2c(Cl)cccc2Cl)C3=O)ccc1-c1ccncc1)C(=O)O. The second-order valence-electron chi connectivity index (χ2n) is 8.95. The van der Waals surface area contributed by atoms with Crippen LogP contribution in [0.4, 0.5) is 27.9 Å². The van der Waals surface area contributed by atoms with Gasteiger partial charge in [-0.15, -0.1) is 0 Å². The van der Waals surface area contributed by atoms with Gasteiger partial charge in [-0.2, -0.15) is 4.98 Å². The van der Waals surface area contributed by atoms with Gasteiger partial charge in [-0.05, 0) is 53.1 Å². The van der Waals surface area contributed by atoms with E-state index in [1.54, 1.807) is 30.6 Å². The topological polar surface area (TPSA) is 115 Å². The fraction of sp³-hybridized carbons (Fsp3) is 0.148. The van der Waals surface area contributed by atoms with Crippen LogP contribution in [-0.4, -0.2) is 57.7 Å². The van der Waals surface area contributed by atoms with Gasteiger partial charge in [0.15, 0.2) is 0 Å². The summed E-state index contributed by atoms with van der Waals surface area (Å²) in [5.74, 6) is 0.424. The number of rotatable bonds is 6. The molecule has 5 rings (SSSR count). The molecular weight excluding hydrogens is 541 g/mol. The number of hydrogen-bond donors (Lipinski definition) is 2. The normalized spacial score (nSPS) is 12.8. The van der Waals surface area contributed by atoms with Gasteiger partial charge in [0.1, 0.15) is 11.4 Å². The number of halogens is 2. The van der Waals surface area contributed by atoms with E-state index in [1.807, 2.05) is 42.3 Å². The number of aromatic nitrogens is 3. The molecule has 12 heteroatoms. The third-order valence-electron chi connectivity index (χ3n) is 6.25. The molecule has 198 valence electrons. The molecule has 0 unspecified atom stereocenters. The quantitative estimate of drug-likeness (QED) is 0.304. The van der Waals surface area contributed by atoms with Crippen molar-refractivity contribution in [3.8, 4) is 11.1 Å². The molecular formula is C27H23Cl2N7O3. The molecule has 4 aromatic rings. The summed E-state index contributed by atoms with van der Waals surface area (Å²) >= 11 is 12.7. The van der Waals surface area contributed by atoms with Gasteiger partial charge in [0.25, 0.3) is 5.91 Å². The van der Waals surface area contributed by atoms with Crippen LogP contribution in [0.3, 0.4) is 0 Å². The van der Waals surface area contributed by atoms with Gasteiger partial charge in [-0.3, -0.25) is 14.7 Å². The molecule has 0 atom stereocenters. The molecule has 0 saturated carbocycles. The van der Waals surface area contributed by atoms with Crippen LogP contribution in [0.5, 0.6) is 0 Å². The molecule has 0 radical (unpaired) electrons. The van der Waals surface area contributed by atoms with Gasteiger partial charge in [0.2, 0.25) is 5.95 Å². The Morgan fingerprint density at radius 3 is 2.51 bits per heavy atom. The molecule has 2 aromatic heterocycles. The molecule has 1 aliphatic rings. The standard InChI is InChI=1S/C27H23Cl2N7O3/c1-34(27(38)39)14-17-12-18(6-7-19(17)16-8-10-30-11-9-16)32-26-31-13-20-24(33-26)35(2)15-36(25(20)37)23-21(28)4-3-5-22(23)29/h3-13H,14-15H2,1-2H3,(H,38,39)(H,31,32,33).